The van der Waals surface area contributed by atoms with Gasteiger partial charge in [0.1, 0.15) is 11.5 Å². The summed E-state index contributed by atoms with van der Waals surface area (Å²) in [5, 5.41) is 2.95. The van der Waals surface area contributed by atoms with Crippen LogP contribution >= 0.6 is 0 Å². The number of ether oxygens (including phenoxy) is 2. The average molecular weight is 307 g/mol. The lowest BCUT2D eigenvalue weighted by atomic mass is 9.80. The Bertz CT molecular complexity index is 448. The van der Waals surface area contributed by atoms with Gasteiger partial charge in [0, 0.05) is 13.0 Å². The van der Waals surface area contributed by atoms with Crippen LogP contribution in [0.2, 0.25) is 0 Å². The second kappa shape index (κ2) is 8.66. The van der Waals surface area contributed by atoms with Gasteiger partial charge < -0.3 is 14.8 Å². The van der Waals surface area contributed by atoms with Gasteiger partial charge in [-0.2, -0.15) is 0 Å². The van der Waals surface area contributed by atoms with Gasteiger partial charge in [-0.15, -0.1) is 0 Å². The van der Waals surface area contributed by atoms with Gasteiger partial charge in [-0.3, -0.25) is 4.79 Å². The first-order valence-electron chi connectivity index (χ1n) is 7.86. The Hall–Kier alpha value is -1.71. The molecule has 1 rings (SSSR count). The minimum atomic E-state index is 0.117. The van der Waals surface area contributed by atoms with Crippen molar-refractivity contribution in [3.63, 3.8) is 0 Å². The summed E-state index contributed by atoms with van der Waals surface area (Å²) in [6.07, 6.45) is 1.37. The molecule has 1 atom stereocenters. The molecule has 0 aromatic heterocycles. The van der Waals surface area contributed by atoms with Crippen molar-refractivity contribution in [2.75, 3.05) is 20.3 Å². The molecule has 1 amide bonds. The monoisotopic (exact) mass is 307 g/mol. The fraction of sp³-hybridized carbons (Fsp3) is 0.611. The normalized spacial score (nSPS) is 12.6. The Morgan fingerprint density at radius 2 is 1.77 bits per heavy atom. The fourth-order valence-corrected chi connectivity index (χ4v) is 1.82. The predicted octanol–water partition coefficient (Wildman–Crippen LogP) is 3.65. The number of carbonyl (C=O) groups excluding carboxylic acids is 1. The molecule has 22 heavy (non-hydrogen) atoms. The predicted molar refractivity (Wildman–Crippen MR) is 89.4 cm³/mol. The summed E-state index contributed by atoms with van der Waals surface area (Å²) in [6.45, 7) is 9.83. The van der Waals surface area contributed by atoms with E-state index in [2.05, 4.69) is 33.0 Å². The van der Waals surface area contributed by atoms with E-state index in [-0.39, 0.29) is 11.3 Å². The highest BCUT2D eigenvalue weighted by Crippen LogP contribution is 2.27. The highest BCUT2D eigenvalue weighted by Gasteiger charge is 2.22. The molecule has 4 nitrogen and oxygen atoms in total. The van der Waals surface area contributed by atoms with Gasteiger partial charge in [-0.1, -0.05) is 27.7 Å². The maximum atomic E-state index is 11.8. The number of nitrogens with one attached hydrogen (secondary N) is 1. The number of hydrogen-bond donors (Lipinski definition) is 1. The van der Waals surface area contributed by atoms with E-state index in [1.165, 1.54) is 0 Å². The van der Waals surface area contributed by atoms with Crippen molar-refractivity contribution < 1.29 is 14.3 Å². The second-order valence-corrected chi connectivity index (χ2v) is 6.70. The molecule has 0 spiro atoms. The largest absolute Gasteiger partial charge is 0.497 e. The van der Waals surface area contributed by atoms with Crippen LogP contribution in [0.3, 0.4) is 0 Å². The fourth-order valence-electron chi connectivity index (χ4n) is 1.82. The van der Waals surface area contributed by atoms with Crippen molar-refractivity contribution in [2.45, 2.75) is 40.5 Å². The number of rotatable bonds is 8. The molecule has 0 aliphatic carbocycles. The van der Waals surface area contributed by atoms with E-state index in [9.17, 15) is 4.79 Å². The van der Waals surface area contributed by atoms with Crippen molar-refractivity contribution in [2.24, 2.45) is 11.3 Å². The minimum Gasteiger partial charge on any atom is -0.497 e. The Labute approximate surface area is 134 Å². The summed E-state index contributed by atoms with van der Waals surface area (Å²) in [6, 6.07) is 7.49. The molecule has 1 aromatic rings. The van der Waals surface area contributed by atoms with E-state index in [0.717, 1.165) is 17.9 Å². The van der Waals surface area contributed by atoms with Crippen LogP contribution in [0.15, 0.2) is 24.3 Å². The Balaban J connectivity index is 2.15. The summed E-state index contributed by atoms with van der Waals surface area (Å²) in [5.74, 6) is 2.11. The molecule has 0 saturated carbocycles. The number of methoxy groups -OCH3 is 1. The zero-order valence-electron chi connectivity index (χ0n) is 14.4. The van der Waals surface area contributed by atoms with Crippen molar-refractivity contribution in [1.82, 2.24) is 5.32 Å². The summed E-state index contributed by atoms with van der Waals surface area (Å²) in [4.78, 5) is 11.8. The molecular weight excluding hydrogens is 278 g/mol. The van der Waals surface area contributed by atoms with Crippen molar-refractivity contribution in [1.29, 1.82) is 0 Å². The highest BCUT2D eigenvalue weighted by atomic mass is 16.5. The molecule has 4 heteroatoms. The molecule has 124 valence electrons. The molecule has 0 bridgehead atoms. The molecule has 1 N–H and O–H groups in total. The van der Waals surface area contributed by atoms with E-state index >= 15 is 0 Å². The Kier molecular flexibility index (Phi) is 7.22. The lowest BCUT2D eigenvalue weighted by Gasteiger charge is -2.26. The quantitative estimate of drug-likeness (QED) is 0.746. The van der Waals surface area contributed by atoms with Crippen molar-refractivity contribution in [3.05, 3.63) is 24.3 Å². The number of amides is 1. The van der Waals surface area contributed by atoms with Crippen LogP contribution in [0.4, 0.5) is 0 Å². The van der Waals surface area contributed by atoms with Gasteiger partial charge in [0.25, 0.3) is 0 Å². The third-order valence-corrected chi connectivity index (χ3v) is 3.94. The standard InChI is InChI=1S/C18H29NO3/c1-14(18(2,3)4)13-17(20)19-11-6-12-22-16-9-7-15(21-5)8-10-16/h7-10,14H,6,11-13H2,1-5H3,(H,19,20). The van der Waals surface area contributed by atoms with Crippen LogP contribution in [0, 0.1) is 11.3 Å². The number of carbonyl (C=O) groups is 1. The first-order valence-corrected chi connectivity index (χ1v) is 7.86. The van der Waals surface area contributed by atoms with Crippen LogP contribution in [0.1, 0.15) is 40.5 Å². The molecule has 0 fully saturated rings. The first kappa shape index (κ1) is 18.3. The van der Waals surface area contributed by atoms with E-state index in [1.54, 1.807) is 7.11 Å². The maximum absolute atomic E-state index is 11.8. The zero-order valence-corrected chi connectivity index (χ0v) is 14.4. The third-order valence-electron chi connectivity index (χ3n) is 3.94. The van der Waals surface area contributed by atoms with Crippen LogP contribution in [0.5, 0.6) is 11.5 Å². The molecular formula is C18H29NO3. The third kappa shape index (κ3) is 6.83. The SMILES string of the molecule is COc1ccc(OCCCNC(=O)CC(C)C(C)(C)C)cc1. The topological polar surface area (TPSA) is 47.6 Å². The van der Waals surface area contributed by atoms with Gasteiger partial charge in [-0.25, -0.2) is 0 Å². The van der Waals surface area contributed by atoms with Gasteiger partial charge >= 0.3 is 0 Å². The van der Waals surface area contributed by atoms with Crippen LogP contribution in [0.25, 0.3) is 0 Å². The van der Waals surface area contributed by atoms with Gasteiger partial charge in [0.05, 0.1) is 13.7 Å². The summed E-state index contributed by atoms with van der Waals surface area (Å²) in [7, 11) is 1.64. The lowest BCUT2D eigenvalue weighted by molar-refractivity contribution is -0.122. The van der Waals surface area contributed by atoms with E-state index in [0.29, 0.717) is 25.5 Å². The number of benzene rings is 1. The van der Waals surface area contributed by atoms with Crippen LogP contribution in [-0.4, -0.2) is 26.2 Å². The smallest absolute Gasteiger partial charge is 0.220 e. The van der Waals surface area contributed by atoms with Gasteiger partial charge in [-0.05, 0) is 42.0 Å². The molecule has 1 unspecified atom stereocenters. The molecule has 0 aliphatic rings. The molecule has 1 aromatic carbocycles. The Morgan fingerprint density at radius 3 is 2.32 bits per heavy atom. The highest BCUT2D eigenvalue weighted by molar-refractivity contribution is 5.76. The lowest BCUT2D eigenvalue weighted by Crippen LogP contribution is -2.30. The summed E-state index contributed by atoms with van der Waals surface area (Å²) >= 11 is 0. The molecule has 0 aliphatic heterocycles. The second-order valence-electron chi connectivity index (χ2n) is 6.70. The van der Waals surface area contributed by atoms with E-state index < -0.39 is 0 Å². The number of hydrogen-bond acceptors (Lipinski definition) is 3. The minimum absolute atomic E-state index is 0.117. The first-order chi connectivity index (χ1) is 10.3. The van der Waals surface area contributed by atoms with Crippen LogP contribution < -0.4 is 14.8 Å². The van der Waals surface area contributed by atoms with E-state index in [1.807, 2.05) is 24.3 Å². The maximum Gasteiger partial charge on any atom is 0.220 e. The summed E-state index contributed by atoms with van der Waals surface area (Å²) in [5.41, 5.74) is 0.162. The van der Waals surface area contributed by atoms with Crippen molar-refractivity contribution in [3.8, 4) is 11.5 Å². The van der Waals surface area contributed by atoms with Crippen molar-refractivity contribution >= 4 is 5.91 Å². The Morgan fingerprint density at radius 1 is 1.18 bits per heavy atom. The average Bonchev–Trinajstić information content (AvgIpc) is 2.46. The zero-order chi connectivity index (χ0) is 16.6. The van der Waals surface area contributed by atoms with Crippen LogP contribution in [-0.2, 0) is 4.79 Å². The van der Waals surface area contributed by atoms with Gasteiger partial charge in [0.2, 0.25) is 5.91 Å². The molecule has 0 heterocycles. The molecule has 0 radical (unpaired) electrons. The van der Waals surface area contributed by atoms with Gasteiger partial charge in [0.15, 0.2) is 0 Å². The van der Waals surface area contributed by atoms with E-state index in [4.69, 9.17) is 9.47 Å². The molecule has 0 saturated heterocycles. The summed E-state index contributed by atoms with van der Waals surface area (Å²) < 4.78 is 10.7.